The lowest BCUT2D eigenvalue weighted by atomic mass is 10.1. The molecule has 0 bridgehead atoms. The molecule has 0 aromatic heterocycles. The van der Waals surface area contributed by atoms with Gasteiger partial charge in [-0.25, -0.2) is 0 Å². The molecular formula is C8H19N2O+. The van der Waals surface area contributed by atoms with E-state index in [4.69, 9.17) is 4.84 Å². The van der Waals surface area contributed by atoms with E-state index in [1.165, 1.54) is 0 Å². The van der Waals surface area contributed by atoms with Crippen molar-refractivity contribution in [2.24, 2.45) is 0 Å². The lowest BCUT2D eigenvalue weighted by molar-refractivity contribution is -0.821. The zero-order valence-electron chi connectivity index (χ0n) is 8.14. The van der Waals surface area contributed by atoms with E-state index in [9.17, 15) is 0 Å². The van der Waals surface area contributed by atoms with Crippen LogP contribution in [0, 0.1) is 0 Å². The highest BCUT2D eigenvalue weighted by Crippen LogP contribution is 2.05. The molecule has 0 saturated heterocycles. The summed E-state index contributed by atoms with van der Waals surface area (Å²) < 4.78 is 1.84. The van der Waals surface area contributed by atoms with Crippen LogP contribution in [0.3, 0.4) is 0 Å². The average molecular weight is 159 g/mol. The Hall–Kier alpha value is -0.570. The highest BCUT2D eigenvalue weighted by atomic mass is 16.7. The van der Waals surface area contributed by atoms with Gasteiger partial charge >= 0.3 is 0 Å². The highest BCUT2D eigenvalue weighted by Gasteiger charge is 2.25. The first kappa shape index (κ1) is 10.4. The fraction of sp³-hybridized carbons (Fsp3) is 0.875. The molecule has 3 nitrogen and oxygen atoms in total. The second-order valence-corrected chi connectivity index (χ2v) is 3.42. The molecule has 0 aliphatic rings. The molecule has 0 heterocycles. The summed E-state index contributed by atoms with van der Waals surface area (Å²) >= 11 is 0. The average Bonchev–Trinajstić information content (AvgIpc) is 1.87. The van der Waals surface area contributed by atoms with Gasteiger partial charge in [0.2, 0.25) is 11.8 Å². The van der Waals surface area contributed by atoms with Crippen LogP contribution in [-0.4, -0.2) is 37.2 Å². The Morgan fingerprint density at radius 1 is 1.45 bits per heavy atom. The van der Waals surface area contributed by atoms with E-state index in [1.807, 2.05) is 18.0 Å². The normalized spacial score (nSPS) is 13.4. The van der Waals surface area contributed by atoms with Gasteiger partial charge in [-0.2, -0.15) is 0 Å². The molecule has 0 unspecified atom stereocenters. The van der Waals surface area contributed by atoms with Crippen LogP contribution in [0.15, 0.2) is 0 Å². The van der Waals surface area contributed by atoms with Gasteiger partial charge in [0.1, 0.15) is 7.11 Å². The molecule has 0 amide bonds. The van der Waals surface area contributed by atoms with Crippen LogP contribution in [-0.2, 0) is 4.84 Å². The maximum absolute atomic E-state index is 5.15. The van der Waals surface area contributed by atoms with Crippen LogP contribution < -0.4 is 5.32 Å². The first-order chi connectivity index (χ1) is 5.02. The van der Waals surface area contributed by atoms with Gasteiger partial charge in [-0.15, -0.1) is 0 Å². The fourth-order valence-corrected chi connectivity index (χ4v) is 0.796. The molecule has 0 aliphatic heterocycles. The molecule has 0 fully saturated rings. The third-order valence-corrected chi connectivity index (χ3v) is 1.32. The summed E-state index contributed by atoms with van der Waals surface area (Å²) in [6.07, 6.45) is 1.99. The van der Waals surface area contributed by atoms with Crippen molar-refractivity contribution in [2.75, 3.05) is 20.7 Å². The Labute approximate surface area is 69.0 Å². The van der Waals surface area contributed by atoms with Crippen molar-refractivity contribution in [1.29, 1.82) is 0 Å². The van der Waals surface area contributed by atoms with E-state index in [2.05, 4.69) is 26.1 Å². The minimum Gasteiger partial charge on any atom is -0.311 e. The molecule has 66 valence electrons. The number of rotatable bonds is 3. The molecular weight excluding hydrogens is 140 g/mol. The Morgan fingerprint density at radius 2 is 2.00 bits per heavy atom. The SMILES string of the molecule is CNC/C=[N+](/OC)C(C)(C)C. The summed E-state index contributed by atoms with van der Waals surface area (Å²) in [7, 11) is 3.59. The van der Waals surface area contributed by atoms with E-state index in [0.717, 1.165) is 6.54 Å². The second kappa shape index (κ2) is 4.34. The molecule has 0 rings (SSSR count). The van der Waals surface area contributed by atoms with Crippen molar-refractivity contribution >= 4 is 6.21 Å². The fourth-order valence-electron chi connectivity index (χ4n) is 0.796. The van der Waals surface area contributed by atoms with E-state index in [0.29, 0.717) is 0 Å². The van der Waals surface area contributed by atoms with E-state index < -0.39 is 0 Å². The molecule has 0 aliphatic carbocycles. The summed E-state index contributed by atoms with van der Waals surface area (Å²) in [5.41, 5.74) is 0.0333. The molecule has 11 heavy (non-hydrogen) atoms. The zero-order valence-corrected chi connectivity index (χ0v) is 8.14. The highest BCUT2D eigenvalue weighted by molar-refractivity contribution is 5.53. The third kappa shape index (κ3) is 3.98. The molecule has 0 spiro atoms. The molecule has 0 aromatic rings. The molecule has 0 radical (unpaired) electrons. The standard InChI is InChI=1S/C8H19N2O/c1-8(2,3)10(11-5)7-6-9-4/h7,9H,6H2,1-5H3/q+1/b10-7+. The first-order valence-electron chi connectivity index (χ1n) is 3.83. The summed E-state index contributed by atoms with van der Waals surface area (Å²) in [4.78, 5) is 5.15. The second-order valence-electron chi connectivity index (χ2n) is 3.42. The Balaban J connectivity index is 4.16. The van der Waals surface area contributed by atoms with Crippen LogP contribution >= 0.6 is 0 Å². The Kier molecular flexibility index (Phi) is 4.11. The molecule has 1 N–H and O–H groups in total. The van der Waals surface area contributed by atoms with Crippen LogP contribution in [0.4, 0.5) is 0 Å². The van der Waals surface area contributed by atoms with Gasteiger partial charge in [0.25, 0.3) is 0 Å². The zero-order chi connectivity index (χ0) is 8.91. The van der Waals surface area contributed by atoms with Crippen molar-refractivity contribution in [3.8, 4) is 0 Å². The summed E-state index contributed by atoms with van der Waals surface area (Å²) in [6, 6.07) is 0. The molecule has 0 saturated carbocycles. The first-order valence-corrected chi connectivity index (χ1v) is 3.83. The van der Waals surface area contributed by atoms with Gasteiger partial charge in [-0.1, -0.05) is 0 Å². The van der Waals surface area contributed by atoms with Gasteiger partial charge in [0.15, 0.2) is 0 Å². The van der Waals surface area contributed by atoms with Gasteiger partial charge in [0, 0.05) is 20.8 Å². The number of hydroxylamine groups is 1. The minimum atomic E-state index is 0.0333. The Morgan fingerprint density at radius 3 is 2.27 bits per heavy atom. The number of hydrogen-bond acceptors (Lipinski definition) is 2. The minimum absolute atomic E-state index is 0.0333. The third-order valence-electron chi connectivity index (χ3n) is 1.32. The maximum Gasteiger partial charge on any atom is 0.207 e. The van der Waals surface area contributed by atoms with Crippen LogP contribution in [0.2, 0.25) is 0 Å². The van der Waals surface area contributed by atoms with Crippen molar-refractivity contribution in [2.45, 2.75) is 26.3 Å². The van der Waals surface area contributed by atoms with Gasteiger partial charge in [0.05, 0.1) is 6.54 Å². The predicted octanol–water partition coefficient (Wildman–Crippen LogP) is 0.649. The topological polar surface area (TPSA) is 24.3 Å². The van der Waals surface area contributed by atoms with E-state index in [-0.39, 0.29) is 5.54 Å². The summed E-state index contributed by atoms with van der Waals surface area (Å²) in [6.45, 7) is 7.12. The lowest BCUT2D eigenvalue weighted by Gasteiger charge is -2.12. The smallest absolute Gasteiger partial charge is 0.207 e. The van der Waals surface area contributed by atoms with Crippen molar-refractivity contribution in [1.82, 2.24) is 5.32 Å². The van der Waals surface area contributed by atoms with Gasteiger partial charge in [-0.3, -0.25) is 4.84 Å². The van der Waals surface area contributed by atoms with Crippen molar-refractivity contribution in [3.05, 3.63) is 0 Å². The van der Waals surface area contributed by atoms with E-state index in [1.54, 1.807) is 7.11 Å². The van der Waals surface area contributed by atoms with Crippen LogP contribution in [0.1, 0.15) is 20.8 Å². The number of hydrogen-bond donors (Lipinski definition) is 1. The van der Waals surface area contributed by atoms with Crippen molar-refractivity contribution in [3.63, 3.8) is 0 Å². The molecule has 3 heteroatoms. The monoisotopic (exact) mass is 159 g/mol. The summed E-state index contributed by atoms with van der Waals surface area (Å²) in [5.74, 6) is 0. The van der Waals surface area contributed by atoms with Crippen LogP contribution in [0.5, 0.6) is 0 Å². The predicted molar refractivity (Wildman–Crippen MR) is 47.0 cm³/mol. The largest absolute Gasteiger partial charge is 0.311 e. The van der Waals surface area contributed by atoms with Gasteiger partial charge < -0.3 is 5.32 Å². The Bertz CT molecular complexity index is 136. The van der Waals surface area contributed by atoms with Gasteiger partial charge in [-0.05, 0) is 11.8 Å². The lowest BCUT2D eigenvalue weighted by Crippen LogP contribution is -2.35. The van der Waals surface area contributed by atoms with E-state index >= 15 is 0 Å². The van der Waals surface area contributed by atoms with Crippen molar-refractivity contribution < 1.29 is 9.58 Å². The number of nitrogens with one attached hydrogen (secondary N) is 1. The molecule has 0 aromatic carbocycles. The summed E-state index contributed by atoms with van der Waals surface area (Å²) in [5, 5.41) is 3.03. The maximum atomic E-state index is 5.15. The van der Waals surface area contributed by atoms with Crippen LogP contribution in [0.25, 0.3) is 0 Å². The quantitative estimate of drug-likeness (QED) is 0.371. The molecule has 0 atom stereocenters. The number of nitrogens with zero attached hydrogens (tertiary/aromatic N) is 1.